The fourth-order valence-electron chi connectivity index (χ4n) is 3.18. The van der Waals surface area contributed by atoms with E-state index in [4.69, 9.17) is 12.2 Å². The Morgan fingerprint density at radius 3 is 2.62 bits per heavy atom. The van der Waals surface area contributed by atoms with Crippen LogP contribution in [0.4, 0.5) is 0 Å². The molecule has 2 heterocycles. The van der Waals surface area contributed by atoms with Crippen LogP contribution in [0.1, 0.15) is 38.7 Å². The molecule has 1 saturated heterocycles. The van der Waals surface area contributed by atoms with Crippen molar-refractivity contribution >= 4 is 46.1 Å². The molecule has 0 saturated carbocycles. The molecule has 1 fully saturated rings. The predicted molar refractivity (Wildman–Crippen MR) is 108 cm³/mol. The molecule has 3 rings (SSSR count). The van der Waals surface area contributed by atoms with Gasteiger partial charge < -0.3 is 4.57 Å². The number of rotatable bonds is 6. The zero-order valence-electron chi connectivity index (χ0n) is 15.1. The minimum Gasteiger partial charge on any atom is -0.347 e. The summed E-state index contributed by atoms with van der Waals surface area (Å²) in [4.78, 5) is 26.7. The summed E-state index contributed by atoms with van der Waals surface area (Å²) in [5.41, 5.74) is 2.10. The highest BCUT2D eigenvalue weighted by atomic mass is 32.1. The molecule has 0 spiro atoms. The molecular weight excluding hydrogens is 346 g/mol. The average molecular weight is 369 g/mol. The van der Waals surface area contributed by atoms with Crippen LogP contribution in [-0.2, 0) is 16.1 Å². The Balaban J connectivity index is 2.03. The van der Waals surface area contributed by atoms with Gasteiger partial charge in [0.2, 0.25) is 0 Å². The second-order valence-electron chi connectivity index (χ2n) is 6.42. The van der Waals surface area contributed by atoms with Gasteiger partial charge in [-0.2, -0.15) is 0 Å². The van der Waals surface area contributed by atoms with Crippen LogP contribution in [0, 0.1) is 0 Å². The summed E-state index contributed by atoms with van der Waals surface area (Å²) in [5, 5.41) is 3.86. The Kier molecular flexibility index (Phi) is 5.52. The molecule has 136 valence electrons. The smallest absolute Gasteiger partial charge is 0.265 e. The van der Waals surface area contributed by atoms with E-state index in [1.165, 1.54) is 4.90 Å². The van der Waals surface area contributed by atoms with Gasteiger partial charge in [-0.25, -0.2) is 0 Å². The van der Waals surface area contributed by atoms with Crippen molar-refractivity contribution in [2.75, 3.05) is 6.54 Å². The van der Waals surface area contributed by atoms with Crippen LogP contribution in [0.5, 0.6) is 0 Å². The Morgan fingerprint density at radius 1 is 1.12 bits per heavy atom. The van der Waals surface area contributed by atoms with Crippen LogP contribution in [0.2, 0.25) is 0 Å². The molecule has 0 unspecified atom stereocenters. The first-order chi connectivity index (χ1) is 12.6. The topological polar surface area (TPSA) is 54.3 Å². The number of carbonyl (C=O) groups excluding carboxylic acids is 2. The van der Waals surface area contributed by atoms with E-state index < -0.39 is 5.91 Å². The summed E-state index contributed by atoms with van der Waals surface area (Å²) < 4.78 is 2.16. The summed E-state index contributed by atoms with van der Waals surface area (Å²) in [7, 11) is 0. The average Bonchev–Trinajstić information content (AvgIpc) is 2.97. The third-order valence-electron chi connectivity index (χ3n) is 4.50. The monoisotopic (exact) mass is 369 g/mol. The van der Waals surface area contributed by atoms with Crippen LogP contribution < -0.4 is 5.32 Å². The van der Waals surface area contributed by atoms with Gasteiger partial charge in [0.1, 0.15) is 5.57 Å². The number of nitrogens with zero attached hydrogens (tertiary/aromatic N) is 2. The van der Waals surface area contributed by atoms with Crippen molar-refractivity contribution in [1.29, 1.82) is 0 Å². The number of unbranched alkanes of at least 4 members (excludes halogenated alkanes) is 1. The minimum atomic E-state index is -0.430. The van der Waals surface area contributed by atoms with Gasteiger partial charge in [0, 0.05) is 35.8 Å². The number of thiocarbonyl (C=S) groups is 1. The van der Waals surface area contributed by atoms with E-state index in [2.05, 4.69) is 29.8 Å². The summed E-state index contributed by atoms with van der Waals surface area (Å²) in [6.45, 7) is 5.58. The van der Waals surface area contributed by atoms with Gasteiger partial charge >= 0.3 is 0 Å². The Labute approximate surface area is 158 Å². The lowest BCUT2D eigenvalue weighted by Gasteiger charge is -2.28. The zero-order chi connectivity index (χ0) is 18.7. The summed E-state index contributed by atoms with van der Waals surface area (Å²) in [6.07, 6.45) is 6.49. The number of fused-ring (bicyclic) bond motifs is 1. The molecule has 2 amide bonds. The van der Waals surface area contributed by atoms with E-state index in [1.54, 1.807) is 6.08 Å². The molecule has 5 nitrogen and oxygen atoms in total. The quantitative estimate of drug-likeness (QED) is 0.482. The van der Waals surface area contributed by atoms with E-state index in [9.17, 15) is 9.59 Å². The molecule has 26 heavy (non-hydrogen) atoms. The molecular formula is C20H23N3O2S. The second kappa shape index (κ2) is 7.83. The van der Waals surface area contributed by atoms with E-state index in [0.717, 1.165) is 42.3 Å². The molecule has 1 aromatic heterocycles. The summed E-state index contributed by atoms with van der Waals surface area (Å²) in [5.74, 6) is -0.750. The second-order valence-corrected chi connectivity index (χ2v) is 6.81. The molecule has 1 aliphatic rings. The van der Waals surface area contributed by atoms with Crippen molar-refractivity contribution in [2.24, 2.45) is 0 Å². The van der Waals surface area contributed by atoms with Crippen molar-refractivity contribution in [3.8, 4) is 0 Å². The van der Waals surface area contributed by atoms with Gasteiger partial charge in [-0.1, -0.05) is 38.5 Å². The number of aryl methyl sites for hydroxylation is 1. The molecule has 1 aromatic carbocycles. The lowest BCUT2D eigenvalue weighted by atomic mass is 10.1. The maximum Gasteiger partial charge on any atom is 0.265 e. The molecule has 6 heteroatoms. The van der Waals surface area contributed by atoms with Crippen molar-refractivity contribution in [3.63, 3.8) is 0 Å². The van der Waals surface area contributed by atoms with E-state index in [0.29, 0.717) is 6.54 Å². The molecule has 2 aromatic rings. The van der Waals surface area contributed by atoms with Crippen LogP contribution >= 0.6 is 12.2 Å². The molecule has 1 aliphatic heterocycles. The lowest BCUT2D eigenvalue weighted by molar-refractivity contribution is -0.128. The van der Waals surface area contributed by atoms with Crippen molar-refractivity contribution in [1.82, 2.24) is 14.8 Å². The first-order valence-electron chi connectivity index (χ1n) is 9.03. The van der Waals surface area contributed by atoms with Gasteiger partial charge in [-0.15, -0.1) is 0 Å². The number of hydrogen-bond donors (Lipinski definition) is 1. The highest BCUT2D eigenvalue weighted by molar-refractivity contribution is 7.80. The lowest BCUT2D eigenvalue weighted by Crippen LogP contribution is -2.54. The number of nitrogens with one attached hydrogen (secondary N) is 1. The third kappa shape index (κ3) is 3.42. The van der Waals surface area contributed by atoms with Gasteiger partial charge in [0.15, 0.2) is 5.11 Å². The summed E-state index contributed by atoms with van der Waals surface area (Å²) >= 11 is 5.17. The Morgan fingerprint density at radius 2 is 1.88 bits per heavy atom. The van der Waals surface area contributed by atoms with Gasteiger partial charge in [-0.05, 0) is 37.2 Å². The molecule has 0 bridgehead atoms. The van der Waals surface area contributed by atoms with Crippen molar-refractivity contribution < 1.29 is 9.59 Å². The number of para-hydroxylation sites is 1. The molecule has 0 radical (unpaired) electrons. The SMILES string of the molecule is CCCCN1C(=O)/C(=C/c2cn(CCC)c3ccccc23)C(=O)NC1=S. The standard InChI is InChI=1S/C20H23N3O2S/c1-3-5-11-23-19(25)16(18(24)21-20(23)26)12-14-13-22(10-4-2)17-9-7-6-8-15(14)17/h6-9,12-13H,3-5,10-11H2,1-2H3,(H,21,24,26)/b16-12+. The van der Waals surface area contributed by atoms with E-state index in [1.807, 2.05) is 24.4 Å². The van der Waals surface area contributed by atoms with Crippen LogP contribution in [0.25, 0.3) is 17.0 Å². The van der Waals surface area contributed by atoms with Gasteiger partial charge in [-0.3, -0.25) is 19.8 Å². The number of aromatic nitrogens is 1. The normalized spacial score (nSPS) is 16.6. The first kappa shape index (κ1) is 18.3. The Bertz CT molecular complexity index is 898. The number of carbonyl (C=O) groups is 2. The highest BCUT2D eigenvalue weighted by Gasteiger charge is 2.33. The maximum absolute atomic E-state index is 12.8. The van der Waals surface area contributed by atoms with Crippen molar-refractivity contribution in [2.45, 2.75) is 39.7 Å². The third-order valence-corrected chi connectivity index (χ3v) is 4.83. The van der Waals surface area contributed by atoms with Crippen LogP contribution in [0.3, 0.4) is 0 Å². The minimum absolute atomic E-state index is 0.133. The first-order valence-corrected chi connectivity index (χ1v) is 9.44. The van der Waals surface area contributed by atoms with Gasteiger partial charge in [0.05, 0.1) is 0 Å². The Hall–Kier alpha value is -2.47. The largest absolute Gasteiger partial charge is 0.347 e. The fourth-order valence-corrected chi connectivity index (χ4v) is 3.45. The molecule has 0 aliphatic carbocycles. The highest BCUT2D eigenvalue weighted by Crippen LogP contribution is 2.25. The number of hydrogen-bond acceptors (Lipinski definition) is 3. The van der Waals surface area contributed by atoms with Crippen LogP contribution in [-0.4, -0.2) is 32.9 Å². The predicted octanol–water partition coefficient (Wildman–Crippen LogP) is 3.48. The molecule has 0 atom stereocenters. The van der Waals surface area contributed by atoms with E-state index in [-0.39, 0.29) is 16.6 Å². The van der Waals surface area contributed by atoms with Crippen molar-refractivity contribution in [3.05, 3.63) is 41.6 Å². The molecule has 1 N–H and O–H groups in total. The number of benzene rings is 1. The fraction of sp³-hybridized carbons (Fsp3) is 0.350. The zero-order valence-corrected chi connectivity index (χ0v) is 15.9. The van der Waals surface area contributed by atoms with E-state index >= 15 is 0 Å². The number of amides is 2. The maximum atomic E-state index is 12.8. The summed E-state index contributed by atoms with van der Waals surface area (Å²) in [6, 6.07) is 8.03. The van der Waals surface area contributed by atoms with Gasteiger partial charge in [0.25, 0.3) is 11.8 Å². The van der Waals surface area contributed by atoms with Crippen LogP contribution in [0.15, 0.2) is 36.0 Å².